The molecule has 1 heterocycles. The van der Waals surface area contributed by atoms with Crippen LogP contribution in [0.2, 0.25) is 0 Å². The van der Waals surface area contributed by atoms with Gasteiger partial charge in [-0.15, -0.1) is 11.3 Å². The highest BCUT2D eigenvalue weighted by Crippen LogP contribution is 2.32. The van der Waals surface area contributed by atoms with E-state index in [2.05, 4.69) is 5.32 Å². The maximum atomic E-state index is 11.8. The van der Waals surface area contributed by atoms with Gasteiger partial charge in [0.2, 0.25) is 0 Å². The molecule has 1 aromatic carbocycles. The van der Waals surface area contributed by atoms with E-state index in [4.69, 9.17) is 4.74 Å². The lowest BCUT2D eigenvalue weighted by Crippen LogP contribution is -2.12. The van der Waals surface area contributed by atoms with Gasteiger partial charge < -0.3 is 9.84 Å². The molecular formula is C16H17NO4S. The van der Waals surface area contributed by atoms with Crippen molar-refractivity contribution in [3.63, 3.8) is 0 Å². The Labute approximate surface area is 132 Å². The third kappa shape index (κ3) is 4.08. The minimum Gasteiger partial charge on any atom is -0.477 e. The zero-order valence-corrected chi connectivity index (χ0v) is 13.1. The average Bonchev–Trinajstić information content (AvgIpc) is 2.90. The Hall–Kier alpha value is -2.34. The van der Waals surface area contributed by atoms with Crippen LogP contribution in [0.15, 0.2) is 36.4 Å². The van der Waals surface area contributed by atoms with Crippen molar-refractivity contribution in [2.24, 2.45) is 0 Å². The number of ether oxygens (including phenoxy) is 1. The van der Waals surface area contributed by atoms with Gasteiger partial charge in [0.15, 0.2) is 0 Å². The molecule has 6 heteroatoms. The minimum atomic E-state index is -0.987. The van der Waals surface area contributed by atoms with Crippen molar-refractivity contribution in [3.05, 3.63) is 52.4 Å². The number of thiophene rings is 1. The fraction of sp³-hybridized carbons (Fsp3) is 0.250. The monoisotopic (exact) mass is 319 g/mol. The van der Waals surface area contributed by atoms with Gasteiger partial charge in [-0.1, -0.05) is 44.2 Å². The molecule has 0 saturated carbocycles. The standard InChI is InChI=1S/C16H17NO4S/c1-10(2)12-8-13(22-14(12)15(18)19)17-16(20)21-9-11-6-4-3-5-7-11/h3-8,10H,9H2,1-2H3,(H,17,20)(H,18,19). The third-order valence-electron chi connectivity index (χ3n) is 3.02. The normalized spacial score (nSPS) is 10.5. The van der Waals surface area contributed by atoms with Gasteiger partial charge in [0.1, 0.15) is 11.5 Å². The summed E-state index contributed by atoms with van der Waals surface area (Å²) in [5.41, 5.74) is 1.59. The first kappa shape index (κ1) is 16.0. The second-order valence-corrected chi connectivity index (χ2v) is 6.09. The first-order chi connectivity index (χ1) is 10.5. The fourth-order valence-corrected chi connectivity index (χ4v) is 2.96. The van der Waals surface area contributed by atoms with Crippen LogP contribution in [0.1, 0.15) is 40.6 Å². The molecule has 0 bridgehead atoms. The molecule has 116 valence electrons. The topological polar surface area (TPSA) is 75.6 Å². The number of benzene rings is 1. The molecule has 0 aliphatic carbocycles. The molecule has 0 aliphatic heterocycles. The van der Waals surface area contributed by atoms with Crippen molar-refractivity contribution < 1.29 is 19.4 Å². The molecular weight excluding hydrogens is 302 g/mol. The number of rotatable bonds is 5. The third-order valence-corrected chi connectivity index (χ3v) is 4.07. The first-order valence-corrected chi connectivity index (χ1v) is 7.63. The fourth-order valence-electron chi connectivity index (χ4n) is 1.92. The predicted molar refractivity (Wildman–Crippen MR) is 85.6 cm³/mol. The molecule has 2 rings (SSSR count). The molecule has 5 nitrogen and oxygen atoms in total. The molecule has 22 heavy (non-hydrogen) atoms. The van der Waals surface area contributed by atoms with Crippen LogP contribution in [0.4, 0.5) is 9.80 Å². The zero-order valence-electron chi connectivity index (χ0n) is 12.3. The average molecular weight is 319 g/mol. The molecule has 2 N–H and O–H groups in total. The molecule has 0 unspecified atom stereocenters. The number of carboxylic acids is 1. The van der Waals surface area contributed by atoms with E-state index in [1.807, 2.05) is 44.2 Å². The maximum absolute atomic E-state index is 11.8. The van der Waals surface area contributed by atoms with Gasteiger partial charge in [-0.05, 0) is 23.1 Å². The van der Waals surface area contributed by atoms with Crippen LogP contribution in [0, 0.1) is 0 Å². The second-order valence-electron chi connectivity index (χ2n) is 5.04. The summed E-state index contributed by atoms with van der Waals surface area (Å²) in [4.78, 5) is 23.2. The summed E-state index contributed by atoms with van der Waals surface area (Å²) in [7, 11) is 0. The Morgan fingerprint density at radius 1 is 1.27 bits per heavy atom. The van der Waals surface area contributed by atoms with E-state index < -0.39 is 12.1 Å². The molecule has 0 aliphatic rings. The summed E-state index contributed by atoms with van der Waals surface area (Å²) in [5, 5.41) is 12.2. The van der Waals surface area contributed by atoms with Gasteiger partial charge in [-0.25, -0.2) is 9.59 Å². The van der Waals surface area contributed by atoms with Crippen LogP contribution in [-0.2, 0) is 11.3 Å². The van der Waals surface area contributed by atoms with Crippen LogP contribution < -0.4 is 5.32 Å². The number of hydrogen-bond donors (Lipinski definition) is 2. The Balaban J connectivity index is 1.99. The van der Waals surface area contributed by atoms with E-state index in [1.54, 1.807) is 6.07 Å². The minimum absolute atomic E-state index is 0.0678. The van der Waals surface area contributed by atoms with Crippen molar-refractivity contribution in [2.45, 2.75) is 26.4 Å². The zero-order chi connectivity index (χ0) is 16.1. The van der Waals surface area contributed by atoms with Crippen LogP contribution >= 0.6 is 11.3 Å². The SMILES string of the molecule is CC(C)c1cc(NC(=O)OCc2ccccc2)sc1C(=O)O. The molecule has 0 radical (unpaired) electrons. The molecule has 0 fully saturated rings. The quantitative estimate of drug-likeness (QED) is 0.860. The number of carbonyl (C=O) groups is 2. The van der Waals surface area contributed by atoms with E-state index in [1.165, 1.54) is 0 Å². The predicted octanol–water partition coefficient (Wildman–Crippen LogP) is 4.32. The molecule has 1 amide bonds. The highest BCUT2D eigenvalue weighted by Gasteiger charge is 2.18. The van der Waals surface area contributed by atoms with Crippen LogP contribution in [0.25, 0.3) is 0 Å². The number of carboxylic acid groups (broad SMARTS) is 1. The molecule has 1 aromatic heterocycles. The van der Waals surface area contributed by atoms with Gasteiger partial charge in [0, 0.05) is 0 Å². The molecule has 0 spiro atoms. The second kappa shape index (κ2) is 7.09. The summed E-state index contributed by atoms with van der Waals surface area (Å²) in [5.74, 6) is -0.919. The van der Waals surface area contributed by atoms with Crippen molar-refractivity contribution in [1.82, 2.24) is 0 Å². The molecule has 2 aromatic rings. The number of carbonyl (C=O) groups excluding carboxylic acids is 1. The van der Waals surface area contributed by atoms with Crippen molar-refractivity contribution >= 4 is 28.4 Å². The van der Waals surface area contributed by atoms with E-state index >= 15 is 0 Å². The van der Waals surface area contributed by atoms with Gasteiger partial charge in [-0.2, -0.15) is 0 Å². The Morgan fingerprint density at radius 3 is 2.50 bits per heavy atom. The van der Waals surface area contributed by atoms with Gasteiger partial charge >= 0.3 is 12.1 Å². The van der Waals surface area contributed by atoms with E-state index in [0.29, 0.717) is 10.6 Å². The van der Waals surface area contributed by atoms with E-state index in [-0.39, 0.29) is 17.4 Å². The highest BCUT2D eigenvalue weighted by atomic mass is 32.1. The smallest absolute Gasteiger partial charge is 0.412 e. The van der Waals surface area contributed by atoms with Crippen LogP contribution in [0.3, 0.4) is 0 Å². The van der Waals surface area contributed by atoms with Gasteiger partial charge in [-0.3, -0.25) is 5.32 Å². The van der Waals surface area contributed by atoms with Crippen molar-refractivity contribution in [1.29, 1.82) is 0 Å². The molecule has 0 saturated heterocycles. The van der Waals surface area contributed by atoms with Crippen molar-refractivity contribution in [3.8, 4) is 0 Å². The lowest BCUT2D eigenvalue weighted by Gasteiger charge is -2.05. The van der Waals surface area contributed by atoms with Gasteiger partial charge in [0.25, 0.3) is 0 Å². The Bertz CT molecular complexity index is 664. The largest absolute Gasteiger partial charge is 0.477 e. The van der Waals surface area contributed by atoms with Crippen LogP contribution in [-0.4, -0.2) is 17.2 Å². The number of nitrogens with one attached hydrogen (secondary N) is 1. The van der Waals surface area contributed by atoms with Crippen LogP contribution in [0.5, 0.6) is 0 Å². The van der Waals surface area contributed by atoms with Gasteiger partial charge in [0.05, 0.1) is 5.00 Å². The van der Waals surface area contributed by atoms with E-state index in [0.717, 1.165) is 16.9 Å². The Kier molecular flexibility index (Phi) is 5.16. The maximum Gasteiger partial charge on any atom is 0.412 e. The summed E-state index contributed by atoms with van der Waals surface area (Å²) < 4.78 is 5.11. The lowest BCUT2D eigenvalue weighted by atomic mass is 10.0. The van der Waals surface area contributed by atoms with E-state index in [9.17, 15) is 14.7 Å². The van der Waals surface area contributed by atoms with Crippen molar-refractivity contribution in [2.75, 3.05) is 5.32 Å². The Morgan fingerprint density at radius 2 is 1.95 bits per heavy atom. The summed E-state index contributed by atoms with van der Waals surface area (Å²) in [6.45, 7) is 3.98. The number of anilines is 1. The lowest BCUT2D eigenvalue weighted by molar-refractivity contribution is 0.0700. The number of hydrogen-bond acceptors (Lipinski definition) is 4. The summed E-state index contributed by atoms with van der Waals surface area (Å²) in [6.07, 6.45) is -0.600. The summed E-state index contributed by atoms with van der Waals surface area (Å²) in [6, 6.07) is 11.0. The summed E-state index contributed by atoms with van der Waals surface area (Å²) >= 11 is 1.03. The highest BCUT2D eigenvalue weighted by molar-refractivity contribution is 7.18. The molecule has 0 atom stereocenters. The first-order valence-electron chi connectivity index (χ1n) is 6.82. The number of aromatic carboxylic acids is 1. The number of amides is 1.